The third kappa shape index (κ3) is 5.07. The molecule has 158 valence electrons. The van der Waals surface area contributed by atoms with Crippen LogP contribution in [-0.2, 0) is 11.0 Å². The molecule has 0 bridgehead atoms. The first-order chi connectivity index (χ1) is 14.3. The number of anilines is 1. The molecule has 1 N–H and O–H groups in total. The summed E-state index contributed by atoms with van der Waals surface area (Å²) in [6.07, 6.45) is -1.43. The van der Waals surface area contributed by atoms with Crippen molar-refractivity contribution < 1.29 is 27.4 Å². The fourth-order valence-electron chi connectivity index (χ4n) is 2.67. The number of imidazole rings is 1. The van der Waals surface area contributed by atoms with Gasteiger partial charge in [-0.2, -0.15) is 13.2 Å². The fourth-order valence-corrected chi connectivity index (χ4v) is 3.44. The van der Waals surface area contributed by atoms with E-state index in [1.54, 1.807) is 30.5 Å². The highest BCUT2D eigenvalue weighted by molar-refractivity contribution is 7.99. The van der Waals surface area contributed by atoms with Crippen LogP contribution < -0.4 is 14.8 Å². The lowest BCUT2D eigenvalue weighted by Gasteiger charge is -2.12. The van der Waals surface area contributed by atoms with Gasteiger partial charge in [0.2, 0.25) is 5.91 Å². The Labute approximate surface area is 175 Å². The lowest BCUT2D eigenvalue weighted by atomic mass is 10.2. The molecule has 30 heavy (non-hydrogen) atoms. The van der Waals surface area contributed by atoms with Crippen molar-refractivity contribution in [1.29, 1.82) is 0 Å². The standard InChI is InChI=1S/C20H18F3N3O3S/c1-28-16-7-6-14(11-17(16)29-2)25-18(27)12-30-19-24-8-9-26(19)15-5-3-4-13(10-15)20(21,22)23/h3-11H,12H2,1-2H3,(H,25,27). The van der Waals surface area contributed by atoms with Crippen LogP contribution in [0, 0.1) is 0 Å². The molecule has 3 rings (SSSR count). The minimum atomic E-state index is -4.44. The maximum atomic E-state index is 13.0. The van der Waals surface area contributed by atoms with Gasteiger partial charge in [0, 0.05) is 29.8 Å². The van der Waals surface area contributed by atoms with Crippen LogP contribution in [0.5, 0.6) is 11.5 Å². The quantitative estimate of drug-likeness (QED) is 0.546. The molecule has 0 fully saturated rings. The minimum Gasteiger partial charge on any atom is -0.493 e. The summed E-state index contributed by atoms with van der Waals surface area (Å²) in [5.74, 6) is 0.728. The predicted octanol–water partition coefficient (Wildman–Crippen LogP) is 4.64. The number of hydrogen-bond acceptors (Lipinski definition) is 5. The number of carbonyl (C=O) groups is 1. The third-order valence-electron chi connectivity index (χ3n) is 4.06. The van der Waals surface area contributed by atoms with Gasteiger partial charge in [-0.15, -0.1) is 0 Å². The van der Waals surface area contributed by atoms with E-state index in [1.807, 2.05) is 0 Å². The number of carbonyl (C=O) groups excluding carboxylic acids is 1. The number of hydrogen-bond donors (Lipinski definition) is 1. The highest BCUT2D eigenvalue weighted by Crippen LogP contribution is 2.32. The number of ether oxygens (including phenoxy) is 2. The molecule has 10 heteroatoms. The van der Waals surface area contributed by atoms with Crippen molar-refractivity contribution in [2.75, 3.05) is 25.3 Å². The number of alkyl halides is 3. The van der Waals surface area contributed by atoms with Crippen molar-refractivity contribution >= 4 is 23.4 Å². The second-order valence-corrected chi connectivity index (χ2v) is 6.98. The monoisotopic (exact) mass is 437 g/mol. The molecular formula is C20H18F3N3O3S. The number of halogens is 3. The van der Waals surface area contributed by atoms with E-state index in [1.165, 1.54) is 31.0 Å². The number of thioether (sulfide) groups is 1. The molecule has 1 amide bonds. The van der Waals surface area contributed by atoms with Gasteiger partial charge in [0.05, 0.1) is 25.5 Å². The maximum absolute atomic E-state index is 13.0. The summed E-state index contributed by atoms with van der Waals surface area (Å²) in [6.45, 7) is 0. The number of amides is 1. The van der Waals surface area contributed by atoms with Gasteiger partial charge in [-0.25, -0.2) is 4.98 Å². The number of benzene rings is 2. The Bertz CT molecular complexity index is 1040. The Morgan fingerprint density at radius 3 is 2.60 bits per heavy atom. The molecule has 0 aliphatic carbocycles. The van der Waals surface area contributed by atoms with Gasteiger partial charge in [-0.05, 0) is 30.3 Å². The molecule has 1 heterocycles. The summed E-state index contributed by atoms with van der Waals surface area (Å²) in [6, 6.07) is 9.89. The topological polar surface area (TPSA) is 65.4 Å². The van der Waals surface area contributed by atoms with Gasteiger partial charge < -0.3 is 14.8 Å². The highest BCUT2D eigenvalue weighted by Gasteiger charge is 2.30. The van der Waals surface area contributed by atoms with Gasteiger partial charge in [-0.3, -0.25) is 9.36 Å². The van der Waals surface area contributed by atoms with Crippen LogP contribution in [0.25, 0.3) is 5.69 Å². The zero-order valence-corrected chi connectivity index (χ0v) is 16.9. The van der Waals surface area contributed by atoms with Crippen LogP contribution in [0.1, 0.15) is 5.56 Å². The average molecular weight is 437 g/mol. The second kappa shape index (κ2) is 9.12. The fraction of sp³-hybridized carbons (Fsp3) is 0.200. The lowest BCUT2D eigenvalue weighted by Crippen LogP contribution is -2.14. The first kappa shape index (κ1) is 21.6. The van der Waals surface area contributed by atoms with Gasteiger partial charge in [-0.1, -0.05) is 17.8 Å². The van der Waals surface area contributed by atoms with Crippen LogP contribution in [0.15, 0.2) is 60.0 Å². The van der Waals surface area contributed by atoms with Crippen LogP contribution >= 0.6 is 11.8 Å². The molecule has 1 aromatic heterocycles. The minimum absolute atomic E-state index is 0.0182. The van der Waals surface area contributed by atoms with Gasteiger partial charge >= 0.3 is 6.18 Å². The van der Waals surface area contributed by atoms with E-state index in [0.717, 1.165) is 23.9 Å². The summed E-state index contributed by atoms with van der Waals surface area (Å²) in [5.41, 5.74) is 0.0837. The van der Waals surface area contributed by atoms with Crippen molar-refractivity contribution in [3.63, 3.8) is 0 Å². The van der Waals surface area contributed by atoms with Gasteiger partial charge in [0.25, 0.3) is 0 Å². The Hall–Kier alpha value is -3.14. The summed E-state index contributed by atoms with van der Waals surface area (Å²) < 4.78 is 50.8. The molecule has 3 aromatic rings. The van der Waals surface area contributed by atoms with Crippen LogP contribution in [0.3, 0.4) is 0 Å². The number of methoxy groups -OCH3 is 2. The Morgan fingerprint density at radius 1 is 1.13 bits per heavy atom. The summed E-state index contributed by atoms with van der Waals surface area (Å²) >= 11 is 1.11. The molecule has 0 aliphatic rings. The molecule has 0 radical (unpaired) electrons. The third-order valence-corrected chi connectivity index (χ3v) is 5.02. The second-order valence-electron chi connectivity index (χ2n) is 6.03. The number of aromatic nitrogens is 2. The average Bonchev–Trinajstić information content (AvgIpc) is 3.20. The molecule has 0 unspecified atom stereocenters. The number of rotatable bonds is 7. The highest BCUT2D eigenvalue weighted by atomic mass is 32.2. The maximum Gasteiger partial charge on any atom is 0.416 e. The summed E-state index contributed by atoms with van der Waals surface area (Å²) in [7, 11) is 3.01. The lowest BCUT2D eigenvalue weighted by molar-refractivity contribution is -0.137. The van der Waals surface area contributed by atoms with E-state index in [9.17, 15) is 18.0 Å². The zero-order valence-electron chi connectivity index (χ0n) is 16.1. The van der Waals surface area contributed by atoms with Crippen LogP contribution in [-0.4, -0.2) is 35.4 Å². The van der Waals surface area contributed by atoms with E-state index in [2.05, 4.69) is 10.3 Å². The molecule has 0 atom stereocenters. The van der Waals surface area contributed by atoms with E-state index < -0.39 is 11.7 Å². The molecule has 0 saturated carbocycles. The van der Waals surface area contributed by atoms with E-state index in [4.69, 9.17) is 9.47 Å². The number of nitrogens with zero attached hydrogens (tertiary/aromatic N) is 2. The van der Waals surface area contributed by atoms with Crippen LogP contribution in [0.4, 0.5) is 18.9 Å². The Kier molecular flexibility index (Phi) is 6.56. The number of nitrogens with one attached hydrogen (secondary N) is 1. The molecule has 2 aromatic carbocycles. The Morgan fingerprint density at radius 2 is 1.90 bits per heavy atom. The van der Waals surface area contributed by atoms with Crippen molar-refractivity contribution in [3.05, 3.63) is 60.4 Å². The summed E-state index contributed by atoms with van der Waals surface area (Å²) in [5, 5.41) is 3.14. The Balaban J connectivity index is 1.68. The first-order valence-corrected chi connectivity index (χ1v) is 9.66. The van der Waals surface area contributed by atoms with Crippen molar-refractivity contribution in [3.8, 4) is 17.2 Å². The van der Waals surface area contributed by atoms with Gasteiger partial charge in [0.15, 0.2) is 16.7 Å². The van der Waals surface area contributed by atoms with Crippen molar-refractivity contribution in [2.45, 2.75) is 11.3 Å². The zero-order chi connectivity index (χ0) is 21.7. The molecule has 0 spiro atoms. The predicted molar refractivity (Wildman–Crippen MR) is 107 cm³/mol. The van der Waals surface area contributed by atoms with E-state index in [-0.39, 0.29) is 11.7 Å². The van der Waals surface area contributed by atoms with Crippen molar-refractivity contribution in [1.82, 2.24) is 9.55 Å². The molecule has 0 saturated heterocycles. The van der Waals surface area contributed by atoms with Gasteiger partial charge in [0.1, 0.15) is 0 Å². The SMILES string of the molecule is COc1ccc(NC(=O)CSc2nccn2-c2cccc(C(F)(F)F)c2)cc1OC. The first-order valence-electron chi connectivity index (χ1n) is 8.67. The van der Waals surface area contributed by atoms with Crippen LogP contribution in [0.2, 0.25) is 0 Å². The molecule has 6 nitrogen and oxygen atoms in total. The normalized spacial score (nSPS) is 11.2. The largest absolute Gasteiger partial charge is 0.493 e. The van der Waals surface area contributed by atoms with E-state index >= 15 is 0 Å². The van der Waals surface area contributed by atoms with E-state index in [0.29, 0.717) is 28.0 Å². The molecule has 0 aliphatic heterocycles. The summed E-state index contributed by atoms with van der Waals surface area (Å²) in [4.78, 5) is 16.4. The smallest absolute Gasteiger partial charge is 0.416 e. The molecular weight excluding hydrogens is 419 g/mol. The van der Waals surface area contributed by atoms with Crippen molar-refractivity contribution in [2.24, 2.45) is 0 Å².